The van der Waals surface area contributed by atoms with Crippen LogP contribution in [-0.2, 0) is 4.74 Å². The number of rotatable bonds is 5. The minimum Gasteiger partial charge on any atom is -0.394 e. The van der Waals surface area contributed by atoms with Crippen molar-refractivity contribution < 1.29 is 9.84 Å². The molecule has 0 amide bonds. The number of thiophene rings is 1. The van der Waals surface area contributed by atoms with Gasteiger partial charge in [-0.2, -0.15) is 4.98 Å². The predicted molar refractivity (Wildman–Crippen MR) is 68.2 cm³/mol. The topological polar surface area (TPSA) is 93.3 Å². The molecule has 0 aliphatic heterocycles. The summed E-state index contributed by atoms with van der Waals surface area (Å²) in [5.74, 6) is 0.849. The SMILES string of the molecule is COCC(CO)Nc1nc(N)nc2sccc12. The number of nitrogen functional groups attached to an aromatic ring is 1. The predicted octanol–water partition coefficient (Wildman–Crippen LogP) is 0.693. The fourth-order valence-electron chi connectivity index (χ4n) is 1.52. The first-order valence-corrected chi connectivity index (χ1v) is 5.99. The van der Waals surface area contributed by atoms with Crippen LogP contribution in [0.5, 0.6) is 0 Å². The van der Waals surface area contributed by atoms with Crippen LogP contribution in [0.4, 0.5) is 11.8 Å². The van der Waals surface area contributed by atoms with Gasteiger partial charge in [0.1, 0.15) is 10.6 Å². The molecule has 4 N–H and O–H groups in total. The van der Waals surface area contributed by atoms with Crippen molar-refractivity contribution in [3.05, 3.63) is 11.4 Å². The minimum atomic E-state index is -0.211. The van der Waals surface area contributed by atoms with Crippen LogP contribution in [-0.4, -0.2) is 41.4 Å². The van der Waals surface area contributed by atoms with Crippen LogP contribution < -0.4 is 11.1 Å². The Balaban J connectivity index is 2.30. The summed E-state index contributed by atoms with van der Waals surface area (Å²) in [6, 6.07) is 1.71. The second-order valence-corrected chi connectivity index (χ2v) is 4.44. The average molecular weight is 254 g/mol. The zero-order valence-corrected chi connectivity index (χ0v) is 10.2. The lowest BCUT2D eigenvalue weighted by Crippen LogP contribution is -2.29. The van der Waals surface area contributed by atoms with Gasteiger partial charge in [-0.05, 0) is 11.4 Å². The van der Waals surface area contributed by atoms with Gasteiger partial charge in [0.2, 0.25) is 5.95 Å². The summed E-state index contributed by atoms with van der Waals surface area (Å²) in [7, 11) is 1.58. The lowest BCUT2D eigenvalue weighted by molar-refractivity contribution is 0.153. The van der Waals surface area contributed by atoms with Gasteiger partial charge < -0.3 is 20.9 Å². The summed E-state index contributed by atoms with van der Waals surface area (Å²) in [5, 5.41) is 15.1. The molecule has 0 aromatic carbocycles. The molecule has 0 radical (unpaired) electrons. The first-order valence-electron chi connectivity index (χ1n) is 5.11. The molecule has 0 spiro atoms. The third-order valence-electron chi connectivity index (χ3n) is 2.27. The maximum absolute atomic E-state index is 9.20. The van der Waals surface area contributed by atoms with E-state index in [-0.39, 0.29) is 18.6 Å². The molecule has 2 rings (SSSR count). The van der Waals surface area contributed by atoms with Crippen LogP contribution in [0.1, 0.15) is 0 Å². The Morgan fingerprint density at radius 3 is 3.12 bits per heavy atom. The van der Waals surface area contributed by atoms with Crippen LogP contribution in [0.15, 0.2) is 11.4 Å². The maximum Gasteiger partial charge on any atom is 0.223 e. The Bertz CT molecular complexity index is 502. The molecule has 92 valence electrons. The normalized spacial score (nSPS) is 12.8. The van der Waals surface area contributed by atoms with Gasteiger partial charge in [0.25, 0.3) is 0 Å². The Hall–Kier alpha value is -1.44. The highest BCUT2D eigenvalue weighted by atomic mass is 32.1. The van der Waals surface area contributed by atoms with E-state index in [0.29, 0.717) is 12.4 Å². The van der Waals surface area contributed by atoms with Gasteiger partial charge in [-0.25, -0.2) is 4.98 Å². The van der Waals surface area contributed by atoms with Gasteiger partial charge in [0.15, 0.2) is 0 Å². The Labute approximate surface area is 102 Å². The van der Waals surface area contributed by atoms with Crippen molar-refractivity contribution in [3.63, 3.8) is 0 Å². The van der Waals surface area contributed by atoms with Gasteiger partial charge in [-0.1, -0.05) is 0 Å². The fraction of sp³-hybridized carbons (Fsp3) is 0.400. The van der Waals surface area contributed by atoms with Crippen LogP contribution in [0, 0.1) is 0 Å². The number of nitrogens with two attached hydrogens (primary N) is 1. The number of hydrogen-bond donors (Lipinski definition) is 3. The molecule has 2 aromatic heterocycles. The van der Waals surface area contributed by atoms with Gasteiger partial charge in [0.05, 0.1) is 24.6 Å². The molecule has 6 nitrogen and oxygen atoms in total. The van der Waals surface area contributed by atoms with E-state index < -0.39 is 0 Å². The second kappa shape index (κ2) is 5.26. The van der Waals surface area contributed by atoms with Gasteiger partial charge in [0, 0.05) is 7.11 Å². The summed E-state index contributed by atoms with van der Waals surface area (Å²) < 4.78 is 5.00. The number of aliphatic hydroxyl groups is 1. The molecule has 0 fully saturated rings. The van der Waals surface area contributed by atoms with Crippen molar-refractivity contribution in [2.45, 2.75) is 6.04 Å². The van der Waals surface area contributed by atoms with Crippen molar-refractivity contribution in [1.82, 2.24) is 9.97 Å². The van der Waals surface area contributed by atoms with E-state index in [0.717, 1.165) is 10.2 Å². The number of aliphatic hydroxyl groups excluding tert-OH is 1. The van der Waals surface area contributed by atoms with Crippen molar-refractivity contribution >= 4 is 33.3 Å². The zero-order chi connectivity index (χ0) is 12.3. The van der Waals surface area contributed by atoms with E-state index >= 15 is 0 Å². The van der Waals surface area contributed by atoms with E-state index in [4.69, 9.17) is 10.5 Å². The lowest BCUT2D eigenvalue weighted by atomic mass is 10.3. The van der Waals surface area contributed by atoms with Crippen LogP contribution in [0.2, 0.25) is 0 Å². The number of aromatic nitrogens is 2. The molecular weight excluding hydrogens is 240 g/mol. The second-order valence-electron chi connectivity index (χ2n) is 3.55. The highest BCUT2D eigenvalue weighted by Crippen LogP contribution is 2.25. The van der Waals surface area contributed by atoms with Crippen molar-refractivity contribution in [1.29, 1.82) is 0 Å². The average Bonchev–Trinajstić information content (AvgIpc) is 2.76. The Morgan fingerprint density at radius 2 is 2.41 bits per heavy atom. The minimum absolute atomic E-state index is 0.0383. The first-order chi connectivity index (χ1) is 8.24. The Kier molecular flexibility index (Phi) is 3.72. The molecular formula is C10H14N4O2S. The number of fused-ring (bicyclic) bond motifs is 1. The summed E-state index contributed by atoms with van der Waals surface area (Å²) in [4.78, 5) is 9.09. The zero-order valence-electron chi connectivity index (χ0n) is 9.38. The molecule has 2 aromatic rings. The van der Waals surface area contributed by atoms with Gasteiger partial charge in [-0.15, -0.1) is 11.3 Å². The van der Waals surface area contributed by atoms with Gasteiger partial charge in [-0.3, -0.25) is 0 Å². The summed E-state index contributed by atoms with van der Waals surface area (Å²) >= 11 is 1.50. The van der Waals surface area contributed by atoms with E-state index in [1.54, 1.807) is 7.11 Å². The molecule has 1 unspecified atom stereocenters. The van der Waals surface area contributed by atoms with Crippen LogP contribution in [0.25, 0.3) is 10.2 Å². The molecule has 7 heteroatoms. The van der Waals surface area contributed by atoms with E-state index in [1.165, 1.54) is 11.3 Å². The quantitative estimate of drug-likeness (QED) is 0.727. The molecule has 1 atom stereocenters. The monoisotopic (exact) mass is 254 g/mol. The molecule has 0 bridgehead atoms. The number of ether oxygens (including phenoxy) is 1. The smallest absolute Gasteiger partial charge is 0.223 e. The number of anilines is 2. The molecule has 0 saturated heterocycles. The molecule has 0 saturated carbocycles. The molecule has 17 heavy (non-hydrogen) atoms. The maximum atomic E-state index is 9.20. The number of nitrogens with one attached hydrogen (secondary N) is 1. The van der Waals surface area contributed by atoms with Crippen LogP contribution >= 0.6 is 11.3 Å². The third-order valence-corrected chi connectivity index (χ3v) is 3.08. The van der Waals surface area contributed by atoms with Crippen LogP contribution in [0.3, 0.4) is 0 Å². The highest BCUT2D eigenvalue weighted by molar-refractivity contribution is 7.16. The number of nitrogens with zero attached hydrogens (tertiary/aromatic N) is 2. The molecule has 2 heterocycles. The van der Waals surface area contributed by atoms with E-state index in [2.05, 4.69) is 15.3 Å². The third kappa shape index (κ3) is 2.63. The largest absolute Gasteiger partial charge is 0.394 e. The fourth-order valence-corrected chi connectivity index (χ4v) is 2.29. The summed E-state index contributed by atoms with van der Waals surface area (Å²) in [6.45, 7) is 0.357. The van der Waals surface area contributed by atoms with Crippen molar-refractivity contribution in [3.8, 4) is 0 Å². The first kappa shape index (κ1) is 12.0. The van der Waals surface area contributed by atoms with E-state index in [1.807, 2.05) is 11.4 Å². The standard InChI is InChI=1S/C10H14N4O2S/c1-16-5-6(4-15)12-8-7-2-3-17-9(7)14-10(11)13-8/h2-3,6,15H,4-5H2,1H3,(H3,11,12,13,14). The molecule has 0 aliphatic rings. The Morgan fingerprint density at radius 1 is 1.59 bits per heavy atom. The van der Waals surface area contributed by atoms with Gasteiger partial charge >= 0.3 is 0 Å². The lowest BCUT2D eigenvalue weighted by Gasteiger charge is -2.16. The summed E-state index contributed by atoms with van der Waals surface area (Å²) in [5.41, 5.74) is 5.63. The molecule has 0 aliphatic carbocycles. The van der Waals surface area contributed by atoms with Crippen molar-refractivity contribution in [2.75, 3.05) is 31.4 Å². The highest BCUT2D eigenvalue weighted by Gasteiger charge is 2.12. The number of hydrogen-bond acceptors (Lipinski definition) is 7. The number of methoxy groups -OCH3 is 1. The van der Waals surface area contributed by atoms with E-state index in [9.17, 15) is 5.11 Å². The summed E-state index contributed by atoms with van der Waals surface area (Å²) in [6.07, 6.45) is 0. The van der Waals surface area contributed by atoms with Crippen molar-refractivity contribution in [2.24, 2.45) is 0 Å².